The molecule has 0 radical (unpaired) electrons. The van der Waals surface area contributed by atoms with E-state index in [9.17, 15) is 0 Å². The molecule has 1 unspecified atom stereocenters. The Labute approximate surface area is 79.4 Å². The highest BCUT2D eigenvalue weighted by Gasteiger charge is 2.26. The van der Waals surface area contributed by atoms with Gasteiger partial charge in [-0.2, -0.15) is 0 Å². The lowest BCUT2D eigenvalue weighted by Crippen LogP contribution is -2.18. The average molecular weight is 182 g/mol. The lowest BCUT2D eigenvalue weighted by atomic mass is 9.89. The van der Waals surface area contributed by atoms with Crippen molar-refractivity contribution in [3.05, 3.63) is 0 Å². The molecule has 0 bridgehead atoms. The predicted molar refractivity (Wildman–Crippen MR) is 52.8 cm³/mol. The summed E-state index contributed by atoms with van der Waals surface area (Å²) in [6, 6.07) is 0.233. The molecule has 0 amide bonds. The number of nitrogens with two attached hydrogens (primary N) is 1. The van der Waals surface area contributed by atoms with Crippen molar-refractivity contribution >= 4 is 5.90 Å². The Kier molecular flexibility index (Phi) is 2.83. The van der Waals surface area contributed by atoms with Crippen LogP contribution in [0.25, 0.3) is 0 Å². The third-order valence-corrected chi connectivity index (χ3v) is 2.96. The molecule has 3 nitrogen and oxygen atoms in total. The molecule has 1 aliphatic heterocycles. The van der Waals surface area contributed by atoms with Crippen molar-refractivity contribution in [3.8, 4) is 0 Å². The van der Waals surface area contributed by atoms with Crippen LogP contribution < -0.4 is 5.73 Å². The zero-order valence-electron chi connectivity index (χ0n) is 8.04. The summed E-state index contributed by atoms with van der Waals surface area (Å²) < 4.78 is 5.57. The van der Waals surface area contributed by atoms with E-state index >= 15 is 0 Å². The molecule has 0 aromatic rings. The Hall–Kier alpha value is -0.570. The number of ether oxygens (including phenoxy) is 1. The topological polar surface area (TPSA) is 47.6 Å². The van der Waals surface area contributed by atoms with Crippen molar-refractivity contribution in [1.29, 1.82) is 0 Å². The van der Waals surface area contributed by atoms with Crippen LogP contribution >= 0.6 is 0 Å². The zero-order chi connectivity index (χ0) is 9.10. The molecule has 1 saturated carbocycles. The smallest absolute Gasteiger partial charge is 0.186 e. The van der Waals surface area contributed by atoms with Crippen LogP contribution in [0.2, 0.25) is 0 Å². The molecule has 0 aromatic heterocycles. The Morgan fingerprint density at radius 2 is 2.08 bits per heavy atom. The molecule has 1 fully saturated rings. The molecule has 13 heavy (non-hydrogen) atoms. The van der Waals surface area contributed by atoms with E-state index in [0.29, 0.717) is 19.1 Å². The van der Waals surface area contributed by atoms with Gasteiger partial charge in [-0.25, -0.2) is 4.99 Å². The standard InChI is InChI=1S/C10H18N2O/c11-6-9-7-13-10(12-9)8-4-2-1-3-5-8/h8-9H,1-7,11H2. The molecule has 1 atom stereocenters. The van der Waals surface area contributed by atoms with Gasteiger partial charge >= 0.3 is 0 Å². The number of aliphatic imine (C=N–C) groups is 1. The van der Waals surface area contributed by atoms with Crippen molar-refractivity contribution in [2.45, 2.75) is 38.1 Å². The summed E-state index contributed by atoms with van der Waals surface area (Å²) in [6.45, 7) is 1.33. The summed E-state index contributed by atoms with van der Waals surface area (Å²) in [5.74, 6) is 1.60. The van der Waals surface area contributed by atoms with Gasteiger partial charge in [0.25, 0.3) is 0 Å². The first-order chi connectivity index (χ1) is 6.40. The highest BCUT2D eigenvalue weighted by atomic mass is 16.5. The molecule has 3 heteroatoms. The van der Waals surface area contributed by atoms with Crippen LogP contribution in [0.15, 0.2) is 4.99 Å². The summed E-state index contributed by atoms with van der Waals surface area (Å²) >= 11 is 0. The molecule has 1 aliphatic carbocycles. The second-order valence-electron chi connectivity index (χ2n) is 4.00. The van der Waals surface area contributed by atoms with Crippen LogP contribution in [-0.2, 0) is 4.74 Å². The average Bonchev–Trinajstić information content (AvgIpc) is 2.67. The quantitative estimate of drug-likeness (QED) is 0.700. The van der Waals surface area contributed by atoms with Gasteiger partial charge in [0.2, 0.25) is 0 Å². The van der Waals surface area contributed by atoms with E-state index in [2.05, 4.69) is 4.99 Å². The largest absolute Gasteiger partial charge is 0.478 e. The zero-order valence-corrected chi connectivity index (χ0v) is 8.04. The first-order valence-electron chi connectivity index (χ1n) is 5.30. The normalized spacial score (nSPS) is 29.9. The third kappa shape index (κ3) is 2.02. The highest BCUT2D eigenvalue weighted by Crippen LogP contribution is 2.27. The van der Waals surface area contributed by atoms with Crippen LogP contribution in [0.3, 0.4) is 0 Å². The number of hydrogen-bond acceptors (Lipinski definition) is 3. The van der Waals surface area contributed by atoms with Crippen LogP contribution in [0, 0.1) is 5.92 Å². The minimum atomic E-state index is 0.233. The van der Waals surface area contributed by atoms with Crippen molar-refractivity contribution in [2.75, 3.05) is 13.2 Å². The van der Waals surface area contributed by atoms with Crippen LogP contribution in [0.4, 0.5) is 0 Å². The summed E-state index contributed by atoms with van der Waals surface area (Å²) in [6.07, 6.45) is 6.57. The Bertz CT molecular complexity index is 197. The Morgan fingerprint density at radius 1 is 1.31 bits per heavy atom. The van der Waals surface area contributed by atoms with Gasteiger partial charge in [0.15, 0.2) is 5.90 Å². The summed E-state index contributed by atoms with van der Waals surface area (Å²) in [5, 5.41) is 0. The van der Waals surface area contributed by atoms with Gasteiger partial charge in [0.05, 0.1) is 6.04 Å². The van der Waals surface area contributed by atoms with Gasteiger partial charge in [-0.05, 0) is 12.8 Å². The summed E-state index contributed by atoms with van der Waals surface area (Å²) in [4.78, 5) is 4.50. The minimum absolute atomic E-state index is 0.233. The molecule has 2 aliphatic rings. The minimum Gasteiger partial charge on any atom is -0.478 e. The van der Waals surface area contributed by atoms with Gasteiger partial charge < -0.3 is 10.5 Å². The van der Waals surface area contributed by atoms with E-state index in [0.717, 1.165) is 5.90 Å². The molecule has 2 N–H and O–H groups in total. The monoisotopic (exact) mass is 182 g/mol. The maximum absolute atomic E-state index is 5.57. The lowest BCUT2D eigenvalue weighted by molar-refractivity contribution is 0.282. The van der Waals surface area contributed by atoms with Gasteiger partial charge in [0, 0.05) is 12.5 Å². The molecule has 2 rings (SSSR count). The fraction of sp³-hybridized carbons (Fsp3) is 0.900. The number of rotatable bonds is 2. The van der Waals surface area contributed by atoms with E-state index in [1.54, 1.807) is 0 Å². The van der Waals surface area contributed by atoms with E-state index in [4.69, 9.17) is 10.5 Å². The fourth-order valence-corrected chi connectivity index (χ4v) is 2.13. The lowest BCUT2D eigenvalue weighted by Gasteiger charge is -2.20. The van der Waals surface area contributed by atoms with Crippen molar-refractivity contribution in [3.63, 3.8) is 0 Å². The maximum Gasteiger partial charge on any atom is 0.186 e. The molecule has 0 saturated heterocycles. The van der Waals surface area contributed by atoms with Crippen molar-refractivity contribution in [2.24, 2.45) is 16.6 Å². The summed E-state index contributed by atoms with van der Waals surface area (Å²) in [7, 11) is 0. The van der Waals surface area contributed by atoms with Gasteiger partial charge in [0.1, 0.15) is 6.61 Å². The van der Waals surface area contributed by atoms with E-state index in [1.165, 1.54) is 32.1 Å². The van der Waals surface area contributed by atoms with E-state index < -0.39 is 0 Å². The van der Waals surface area contributed by atoms with Gasteiger partial charge in [-0.3, -0.25) is 0 Å². The van der Waals surface area contributed by atoms with Crippen molar-refractivity contribution < 1.29 is 4.74 Å². The number of nitrogens with zero attached hydrogens (tertiary/aromatic N) is 1. The van der Waals surface area contributed by atoms with Crippen LogP contribution in [0.5, 0.6) is 0 Å². The molecule has 0 aromatic carbocycles. The maximum atomic E-state index is 5.57. The molecular weight excluding hydrogens is 164 g/mol. The van der Waals surface area contributed by atoms with Crippen molar-refractivity contribution in [1.82, 2.24) is 0 Å². The SMILES string of the molecule is NCC1COC(C2CCCCC2)=N1. The fourth-order valence-electron chi connectivity index (χ4n) is 2.13. The van der Waals surface area contributed by atoms with Gasteiger partial charge in [-0.1, -0.05) is 19.3 Å². The Morgan fingerprint density at radius 3 is 2.69 bits per heavy atom. The Balaban J connectivity index is 1.92. The first kappa shape index (κ1) is 9.00. The first-order valence-corrected chi connectivity index (χ1v) is 5.30. The summed E-state index contributed by atoms with van der Waals surface area (Å²) in [5.41, 5.74) is 5.54. The van der Waals surface area contributed by atoms with Gasteiger partial charge in [-0.15, -0.1) is 0 Å². The van der Waals surface area contributed by atoms with E-state index in [-0.39, 0.29) is 6.04 Å². The molecule has 0 spiro atoms. The molecular formula is C10H18N2O. The molecule has 1 heterocycles. The second-order valence-corrected chi connectivity index (χ2v) is 4.00. The highest BCUT2D eigenvalue weighted by molar-refractivity contribution is 5.80. The predicted octanol–water partition coefficient (Wildman–Crippen LogP) is 1.32. The van der Waals surface area contributed by atoms with Crippen LogP contribution in [-0.4, -0.2) is 25.1 Å². The molecule has 74 valence electrons. The third-order valence-electron chi connectivity index (χ3n) is 2.96. The van der Waals surface area contributed by atoms with Crippen LogP contribution in [0.1, 0.15) is 32.1 Å². The van der Waals surface area contributed by atoms with E-state index in [1.807, 2.05) is 0 Å². The number of hydrogen-bond donors (Lipinski definition) is 1. The second kappa shape index (κ2) is 4.09.